The molecular weight excluding hydrogens is 230 g/mol. The molecule has 1 aromatic carbocycles. The molecule has 2 aromatic rings. The maximum atomic E-state index is 5.82. The van der Waals surface area contributed by atoms with Crippen LogP contribution in [0.4, 0.5) is 5.82 Å². The number of rotatable bonds is 4. The van der Waals surface area contributed by atoms with E-state index in [1.807, 2.05) is 32.0 Å². The van der Waals surface area contributed by atoms with Crippen LogP contribution in [0.15, 0.2) is 24.3 Å². The lowest BCUT2D eigenvalue weighted by molar-refractivity contribution is 0.231. The second-order valence-electron chi connectivity index (χ2n) is 4.21. The Morgan fingerprint density at radius 1 is 1.33 bits per heavy atom. The highest BCUT2D eigenvalue weighted by molar-refractivity contribution is 5.72. The molecule has 0 amide bonds. The van der Waals surface area contributed by atoms with E-state index in [1.165, 1.54) is 0 Å². The molecule has 5 heteroatoms. The largest absolute Gasteiger partial charge is 0.493 e. The molecule has 0 saturated carbocycles. The predicted octanol–water partition coefficient (Wildman–Crippen LogP) is 2.45. The van der Waals surface area contributed by atoms with Gasteiger partial charge in [0, 0.05) is 11.6 Å². The Morgan fingerprint density at radius 2 is 2.11 bits per heavy atom. The van der Waals surface area contributed by atoms with Crippen LogP contribution in [0.1, 0.15) is 13.8 Å². The van der Waals surface area contributed by atoms with Gasteiger partial charge in [-0.05, 0) is 26.0 Å². The number of aromatic nitrogens is 2. The zero-order chi connectivity index (χ0) is 13.1. The summed E-state index contributed by atoms with van der Waals surface area (Å²) < 4.78 is 11.1. The van der Waals surface area contributed by atoms with Crippen molar-refractivity contribution >= 4 is 5.82 Å². The maximum Gasteiger partial charge on any atom is 0.170 e. The molecule has 2 rings (SSSR count). The van der Waals surface area contributed by atoms with Crippen molar-refractivity contribution < 1.29 is 9.47 Å². The monoisotopic (exact) mass is 247 g/mol. The van der Waals surface area contributed by atoms with Gasteiger partial charge in [0.15, 0.2) is 11.5 Å². The van der Waals surface area contributed by atoms with Crippen LogP contribution in [0.3, 0.4) is 0 Å². The summed E-state index contributed by atoms with van der Waals surface area (Å²) in [5.74, 6) is 1.83. The van der Waals surface area contributed by atoms with Crippen LogP contribution in [0, 0.1) is 0 Å². The summed E-state index contributed by atoms with van der Waals surface area (Å²) in [6.45, 7) is 3.94. The molecule has 0 unspecified atom stereocenters. The topological polar surface area (TPSA) is 73.2 Å². The molecule has 3 N–H and O–H groups in total. The molecule has 0 aliphatic rings. The van der Waals surface area contributed by atoms with Gasteiger partial charge in [-0.3, -0.25) is 5.10 Å². The quantitative estimate of drug-likeness (QED) is 0.870. The Morgan fingerprint density at radius 3 is 2.67 bits per heavy atom. The van der Waals surface area contributed by atoms with E-state index < -0.39 is 0 Å². The van der Waals surface area contributed by atoms with Crippen molar-refractivity contribution in [3.8, 4) is 22.8 Å². The van der Waals surface area contributed by atoms with Crippen molar-refractivity contribution in [2.24, 2.45) is 0 Å². The summed E-state index contributed by atoms with van der Waals surface area (Å²) in [5.41, 5.74) is 7.31. The van der Waals surface area contributed by atoms with Crippen LogP contribution in [0.5, 0.6) is 11.5 Å². The van der Waals surface area contributed by atoms with E-state index >= 15 is 0 Å². The number of nitrogens with one attached hydrogen (secondary N) is 1. The zero-order valence-corrected chi connectivity index (χ0v) is 10.7. The summed E-state index contributed by atoms with van der Waals surface area (Å²) in [7, 11) is 1.62. The standard InChI is InChI=1S/C13H17N3O2/c1-8(2)18-13-9(5-4-6-11(13)17-3)10-7-12(14)16-15-10/h4-8H,1-3H3,(H3,14,15,16). The molecule has 0 radical (unpaired) electrons. The number of methoxy groups -OCH3 is 1. The van der Waals surface area contributed by atoms with Gasteiger partial charge in [0.05, 0.1) is 18.9 Å². The van der Waals surface area contributed by atoms with Crippen molar-refractivity contribution in [3.05, 3.63) is 24.3 Å². The lowest BCUT2D eigenvalue weighted by atomic mass is 10.1. The molecule has 0 saturated heterocycles. The average molecular weight is 247 g/mol. The van der Waals surface area contributed by atoms with E-state index in [9.17, 15) is 0 Å². The van der Waals surface area contributed by atoms with Crippen LogP contribution in [-0.4, -0.2) is 23.4 Å². The lowest BCUT2D eigenvalue weighted by Gasteiger charge is -2.16. The molecule has 0 atom stereocenters. The summed E-state index contributed by atoms with van der Waals surface area (Å²) in [5, 5.41) is 6.80. The normalized spacial score (nSPS) is 10.7. The third kappa shape index (κ3) is 2.40. The molecule has 96 valence electrons. The lowest BCUT2D eigenvalue weighted by Crippen LogP contribution is -2.07. The maximum absolute atomic E-state index is 5.82. The molecule has 0 aliphatic carbocycles. The van der Waals surface area contributed by atoms with Crippen molar-refractivity contribution in [2.45, 2.75) is 20.0 Å². The second-order valence-corrected chi connectivity index (χ2v) is 4.21. The van der Waals surface area contributed by atoms with Gasteiger partial charge in [0.25, 0.3) is 0 Å². The number of hydrogen-bond donors (Lipinski definition) is 2. The van der Waals surface area contributed by atoms with Gasteiger partial charge in [-0.25, -0.2) is 0 Å². The Labute approximate surface area is 106 Å². The molecule has 0 bridgehead atoms. The van der Waals surface area contributed by atoms with Gasteiger partial charge >= 0.3 is 0 Å². The smallest absolute Gasteiger partial charge is 0.170 e. The molecule has 0 aliphatic heterocycles. The van der Waals surface area contributed by atoms with Crippen LogP contribution < -0.4 is 15.2 Å². The number of nitrogens with two attached hydrogens (primary N) is 1. The number of aromatic amines is 1. The van der Waals surface area contributed by atoms with Gasteiger partial charge in [0.2, 0.25) is 0 Å². The first-order valence-corrected chi connectivity index (χ1v) is 5.76. The molecule has 0 fully saturated rings. The number of anilines is 1. The Kier molecular flexibility index (Phi) is 3.41. The number of para-hydroxylation sites is 1. The zero-order valence-electron chi connectivity index (χ0n) is 10.7. The first-order valence-electron chi connectivity index (χ1n) is 5.76. The van der Waals surface area contributed by atoms with Gasteiger partial charge in [-0.15, -0.1) is 0 Å². The molecule has 1 aromatic heterocycles. The van der Waals surface area contributed by atoms with E-state index in [1.54, 1.807) is 13.2 Å². The van der Waals surface area contributed by atoms with E-state index in [0.29, 0.717) is 17.3 Å². The van der Waals surface area contributed by atoms with Gasteiger partial charge in [-0.1, -0.05) is 6.07 Å². The number of benzene rings is 1. The van der Waals surface area contributed by atoms with Gasteiger partial charge < -0.3 is 15.2 Å². The number of nitrogens with zero attached hydrogens (tertiary/aromatic N) is 1. The minimum atomic E-state index is 0.0559. The van der Waals surface area contributed by atoms with Crippen LogP contribution in [0.2, 0.25) is 0 Å². The summed E-state index contributed by atoms with van der Waals surface area (Å²) in [6.07, 6.45) is 0.0559. The fourth-order valence-electron chi connectivity index (χ4n) is 1.72. The van der Waals surface area contributed by atoms with Gasteiger partial charge in [0.1, 0.15) is 5.82 Å². The number of H-pyrrole nitrogens is 1. The minimum Gasteiger partial charge on any atom is -0.493 e. The molecule has 0 spiro atoms. The SMILES string of the molecule is COc1cccc(-c2cc(N)n[nH]2)c1OC(C)C. The van der Waals surface area contributed by atoms with Crippen molar-refractivity contribution in [2.75, 3.05) is 12.8 Å². The molecular formula is C13H17N3O2. The Bertz CT molecular complexity index is 535. The average Bonchev–Trinajstić information content (AvgIpc) is 2.75. The number of nitrogen functional groups attached to an aromatic ring is 1. The Hall–Kier alpha value is -2.17. The summed E-state index contributed by atoms with van der Waals surface area (Å²) in [4.78, 5) is 0. The Balaban J connectivity index is 2.51. The first-order chi connectivity index (χ1) is 8.61. The minimum absolute atomic E-state index is 0.0559. The van der Waals surface area contributed by atoms with E-state index in [4.69, 9.17) is 15.2 Å². The molecule has 18 heavy (non-hydrogen) atoms. The van der Waals surface area contributed by atoms with E-state index in [0.717, 1.165) is 11.3 Å². The third-order valence-electron chi connectivity index (χ3n) is 2.44. The van der Waals surface area contributed by atoms with Crippen molar-refractivity contribution in [1.29, 1.82) is 0 Å². The van der Waals surface area contributed by atoms with Crippen LogP contribution in [-0.2, 0) is 0 Å². The van der Waals surface area contributed by atoms with Crippen LogP contribution in [0.25, 0.3) is 11.3 Å². The van der Waals surface area contributed by atoms with Crippen LogP contribution >= 0.6 is 0 Å². The predicted molar refractivity (Wildman–Crippen MR) is 70.8 cm³/mol. The highest BCUT2D eigenvalue weighted by atomic mass is 16.5. The van der Waals surface area contributed by atoms with E-state index in [-0.39, 0.29) is 6.10 Å². The molecule has 5 nitrogen and oxygen atoms in total. The van der Waals surface area contributed by atoms with E-state index in [2.05, 4.69) is 10.2 Å². The molecule has 1 heterocycles. The fourth-order valence-corrected chi connectivity index (χ4v) is 1.72. The fraction of sp³-hybridized carbons (Fsp3) is 0.308. The first kappa shape index (κ1) is 12.3. The third-order valence-corrected chi connectivity index (χ3v) is 2.44. The van der Waals surface area contributed by atoms with Gasteiger partial charge in [-0.2, -0.15) is 5.10 Å². The second kappa shape index (κ2) is 5.00. The summed E-state index contributed by atoms with van der Waals surface area (Å²) in [6, 6.07) is 7.47. The van der Waals surface area contributed by atoms with Crippen molar-refractivity contribution in [3.63, 3.8) is 0 Å². The number of hydrogen-bond acceptors (Lipinski definition) is 4. The highest BCUT2D eigenvalue weighted by Gasteiger charge is 2.15. The summed E-state index contributed by atoms with van der Waals surface area (Å²) >= 11 is 0. The number of ether oxygens (including phenoxy) is 2. The van der Waals surface area contributed by atoms with Crippen molar-refractivity contribution in [1.82, 2.24) is 10.2 Å². The highest BCUT2D eigenvalue weighted by Crippen LogP contribution is 2.38.